The number of hydrogen-bond acceptors (Lipinski definition) is 2. The van der Waals surface area contributed by atoms with Crippen molar-refractivity contribution in [1.29, 1.82) is 0 Å². The standard InChI is InChI=1S/C9H10BrFO2/c1-12-9-6-7(10)2-3-8(9)13-5-4-11/h2-3,6H,4-5H2,1H3. The number of rotatable bonds is 4. The van der Waals surface area contributed by atoms with Gasteiger partial charge in [0.2, 0.25) is 0 Å². The molecule has 2 nitrogen and oxygen atoms in total. The van der Waals surface area contributed by atoms with Gasteiger partial charge in [0, 0.05) is 4.47 Å². The number of halogens is 2. The van der Waals surface area contributed by atoms with Crippen LogP contribution >= 0.6 is 15.9 Å². The summed E-state index contributed by atoms with van der Waals surface area (Å²) in [5.74, 6) is 1.16. The van der Waals surface area contributed by atoms with E-state index in [-0.39, 0.29) is 6.61 Å². The van der Waals surface area contributed by atoms with Crippen molar-refractivity contribution in [2.45, 2.75) is 0 Å². The molecule has 4 heteroatoms. The molecule has 0 aliphatic rings. The molecule has 1 aromatic rings. The first kappa shape index (κ1) is 10.3. The number of alkyl halides is 1. The zero-order valence-corrected chi connectivity index (χ0v) is 8.80. The predicted molar refractivity (Wildman–Crippen MR) is 52.2 cm³/mol. The number of ether oxygens (including phenoxy) is 2. The number of benzene rings is 1. The molecule has 0 amide bonds. The van der Waals surface area contributed by atoms with Gasteiger partial charge in [-0.2, -0.15) is 0 Å². The van der Waals surface area contributed by atoms with E-state index < -0.39 is 6.67 Å². The second-order valence-corrected chi connectivity index (χ2v) is 3.25. The van der Waals surface area contributed by atoms with E-state index in [1.54, 1.807) is 19.2 Å². The lowest BCUT2D eigenvalue weighted by molar-refractivity contribution is 0.260. The van der Waals surface area contributed by atoms with Gasteiger partial charge in [0.15, 0.2) is 11.5 Å². The molecule has 0 aromatic heterocycles. The predicted octanol–water partition coefficient (Wildman–Crippen LogP) is 2.81. The molecule has 0 radical (unpaired) electrons. The van der Waals surface area contributed by atoms with Crippen molar-refractivity contribution in [3.05, 3.63) is 22.7 Å². The zero-order valence-electron chi connectivity index (χ0n) is 7.22. The highest BCUT2D eigenvalue weighted by Crippen LogP contribution is 2.29. The highest BCUT2D eigenvalue weighted by atomic mass is 79.9. The molecule has 0 aliphatic heterocycles. The van der Waals surface area contributed by atoms with Crippen molar-refractivity contribution in [2.75, 3.05) is 20.4 Å². The van der Waals surface area contributed by atoms with Crippen LogP contribution in [-0.4, -0.2) is 20.4 Å². The Morgan fingerprint density at radius 2 is 2.15 bits per heavy atom. The van der Waals surface area contributed by atoms with Gasteiger partial charge in [-0.05, 0) is 18.2 Å². The molecule has 0 saturated heterocycles. The van der Waals surface area contributed by atoms with E-state index in [2.05, 4.69) is 15.9 Å². The molecule has 13 heavy (non-hydrogen) atoms. The summed E-state index contributed by atoms with van der Waals surface area (Å²) in [6, 6.07) is 5.32. The van der Waals surface area contributed by atoms with Gasteiger partial charge in [-0.1, -0.05) is 15.9 Å². The molecule has 0 spiro atoms. The van der Waals surface area contributed by atoms with Crippen molar-refractivity contribution in [1.82, 2.24) is 0 Å². The van der Waals surface area contributed by atoms with Gasteiger partial charge in [-0.3, -0.25) is 0 Å². The van der Waals surface area contributed by atoms with Crippen LogP contribution in [-0.2, 0) is 0 Å². The molecule has 0 bridgehead atoms. The minimum absolute atomic E-state index is 0.0536. The van der Waals surface area contributed by atoms with Crippen molar-refractivity contribution in [3.8, 4) is 11.5 Å². The molecule has 0 aliphatic carbocycles. The fourth-order valence-corrected chi connectivity index (χ4v) is 1.25. The molecule has 72 valence electrons. The molecular weight excluding hydrogens is 239 g/mol. The van der Waals surface area contributed by atoms with Crippen molar-refractivity contribution in [2.24, 2.45) is 0 Å². The Kier molecular flexibility index (Phi) is 4.02. The van der Waals surface area contributed by atoms with Crippen molar-refractivity contribution < 1.29 is 13.9 Å². The first-order valence-corrected chi connectivity index (χ1v) is 4.59. The fraction of sp³-hybridized carbons (Fsp3) is 0.333. The first-order chi connectivity index (χ1) is 6.27. The van der Waals surface area contributed by atoms with Crippen LogP contribution in [0.2, 0.25) is 0 Å². The molecule has 0 heterocycles. The second kappa shape index (κ2) is 5.07. The summed E-state index contributed by atoms with van der Waals surface area (Å²) in [5, 5.41) is 0. The summed E-state index contributed by atoms with van der Waals surface area (Å²) in [6.45, 7) is -0.447. The Hall–Kier alpha value is -0.770. The highest BCUT2D eigenvalue weighted by molar-refractivity contribution is 9.10. The zero-order chi connectivity index (χ0) is 9.68. The molecule has 0 unspecified atom stereocenters. The molecule has 1 rings (SSSR count). The van der Waals surface area contributed by atoms with Gasteiger partial charge in [-0.15, -0.1) is 0 Å². The van der Waals surface area contributed by atoms with Crippen LogP contribution in [0.1, 0.15) is 0 Å². The van der Waals surface area contributed by atoms with Crippen LogP contribution in [0.25, 0.3) is 0 Å². The maximum absolute atomic E-state index is 11.8. The van der Waals surface area contributed by atoms with E-state index in [1.807, 2.05) is 6.07 Å². The summed E-state index contributed by atoms with van der Waals surface area (Å²) in [6.07, 6.45) is 0. The first-order valence-electron chi connectivity index (χ1n) is 3.80. The Morgan fingerprint density at radius 1 is 1.38 bits per heavy atom. The maximum Gasteiger partial charge on any atom is 0.161 e. The van der Waals surface area contributed by atoms with Crippen LogP contribution in [0.15, 0.2) is 22.7 Å². The molecule has 0 saturated carbocycles. The molecule has 0 fully saturated rings. The topological polar surface area (TPSA) is 18.5 Å². The molecule has 1 aromatic carbocycles. The second-order valence-electron chi connectivity index (χ2n) is 2.33. The lowest BCUT2D eigenvalue weighted by atomic mass is 10.3. The summed E-state index contributed by atoms with van der Waals surface area (Å²) >= 11 is 3.30. The van der Waals surface area contributed by atoms with Crippen LogP contribution in [0, 0.1) is 0 Å². The Bertz CT molecular complexity index is 278. The Balaban J connectivity index is 2.79. The van der Waals surface area contributed by atoms with Gasteiger partial charge in [-0.25, -0.2) is 4.39 Å². The Morgan fingerprint density at radius 3 is 2.77 bits per heavy atom. The van der Waals surface area contributed by atoms with Gasteiger partial charge < -0.3 is 9.47 Å². The highest BCUT2D eigenvalue weighted by Gasteiger charge is 2.03. The largest absolute Gasteiger partial charge is 0.493 e. The summed E-state index contributed by atoms with van der Waals surface area (Å²) in [4.78, 5) is 0. The van der Waals surface area contributed by atoms with E-state index >= 15 is 0 Å². The lowest BCUT2D eigenvalue weighted by Gasteiger charge is -2.08. The minimum Gasteiger partial charge on any atom is -0.493 e. The van der Waals surface area contributed by atoms with Crippen molar-refractivity contribution in [3.63, 3.8) is 0 Å². The van der Waals surface area contributed by atoms with Gasteiger partial charge in [0.25, 0.3) is 0 Å². The molecular formula is C9H10BrFO2. The SMILES string of the molecule is COc1cc(Br)ccc1OCCF. The van der Waals surface area contributed by atoms with Crippen LogP contribution in [0.3, 0.4) is 0 Å². The number of hydrogen-bond donors (Lipinski definition) is 0. The lowest BCUT2D eigenvalue weighted by Crippen LogP contribution is -2.00. The fourth-order valence-electron chi connectivity index (χ4n) is 0.909. The van der Waals surface area contributed by atoms with Crippen molar-refractivity contribution >= 4 is 15.9 Å². The van der Waals surface area contributed by atoms with E-state index in [4.69, 9.17) is 9.47 Å². The quantitative estimate of drug-likeness (QED) is 0.816. The van der Waals surface area contributed by atoms with E-state index in [1.165, 1.54) is 0 Å². The average molecular weight is 249 g/mol. The van der Waals surface area contributed by atoms with Crippen LogP contribution < -0.4 is 9.47 Å². The third-order valence-electron chi connectivity index (χ3n) is 1.46. The molecule has 0 atom stereocenters. The summed E-state index contributed by atoms with van der Waals surface area (Å²) < 4.78 is 22.9. The minimum atomic E-state index is -0.501. The van der Waals surface area contributed by atoms with E-state index in [0.29, 0.717) is 11.5 Å². The van der Waals surface area contributed by atoms with E-state index in [9.17, 15) is 4.39 Å². The van der Waals surface area contributed by atoms with Gasteiger partial charge >= 0.3 is 0 Å². The molecule has 0 N–H and O–H groups in total. The average Bonchev–Trinajstić information content (AvgIpc) is 2.16. The van der Waals surface area contributed by atoms with Gasteiger partial charge in [0.1, 0.15) is 13.3 Å². The van der Waals surface area contributed by atoms with Crippen LogP contribution in [0.5, 0.6) is 11.5 Å². The third-order valence-corrected chi connectivity index (χ3v) is 1.95. The summed E-state index contributed by atoms with van der Waals surface area (Å²) in [7, 11) is 1.55. The number of methoxy groups -OCH3 is 1. The Labute approximate surface area is 84.8 Å². The monoisotopic (exact) mass is 248 g/mol. The van der Waals surface area contributed by atoms with E-state index in [0.717, 1.165) is 4.47 Å². The maximum atomic E-state index is 11.8. The van der Waals surface area contributed by atoms with Crippen LogP contribution in [0.4, 0.5) is 4.39 Å². The van der Waals surface area contributed by atoms with Gasteiger partial charge in [0.05, 0.1) is 7.11 Å². The summed E-state index contributed by atoms with van der Waals surface area (Å²) in [5.41, 5.74) is 0. The smallest absolute Gasteiger partial charge is 0.161 e. The third kappa shape index (κ3) is 2.88. The normalized spacial score (nSPS) is 9.77.